The van der Waals surface area contributed by atoms with Gasteiger partial charge in [-0.3, -0.25) is 4.79 Å². The molecule has 2 aromatic rings. The van der Waals surface area contributed by atoms with E-state index in [1.807, 2.05) is 25.8 Å². The predicted octanol–water partition coefficient (Wildman–Crippen LogP) is 3.05. The van der Waals surface area contributed by atoms with Crippen LogP contribution in [0.4, 0.5) is 4.39 Å². The van der Waals surface area contributed by atoms with Crippen molar-refractivity contribution in [1.82, 2.24) is 20.0 Å². The molecule has 0 saturated carbocycles. The van der Waals surface area contributed by atoms with Crippen LogP contribution >= 0.6 is 12.4 Å². The largest absolute Gasteiger partial charge is 0.342 e. The fourth-order valence-electron chi connectivity index (χ4n) is 3.70. The maximum absolute atomic E-state index is 13.2. The van der Waals surface area contributed by atoms with Crippen LogP contribution < -0.4 is 5.32 Å². The summed E-state index contributed by atoms with van der Waals surface area (Å²) in [5.41, 5.74) is 3.56. The monoisotopic (exact) mass is 394 g/mol. The summed E-state index contributed by atoms with van der Waals surface area (Å²) in [6.07, 6.45) is 2.48. The Kier molecular flexibility index (Phi) is 7.39. The molecule has 1 fully saturated rings. The fourth-order valence-corrected chi connectivity index (χ4v) is 3.70. The number of nitrogens with zero attached hydrogens (tertiary/aromatic N) is 3. The van der Waals surface area contributed by atoms with E-state index in [2.05, 4.69) is 10.4 Å². The summed E-state index contributed by atoms with van der Waals surface area (Å²) in [5, 5.41) is 7.78. The van der Waals surface area contributed by atoms with Crippen LogP contribution in [0.1, 0.15) is 29.8 Å². The molecule has 0 aliphatic carbocycles. The van der Waals surface area contributed by atoms with Crippen molar-refractivity contribution in [3.8, 4) is 5.69 Å². The van der Waals surface area contributed by atoms with Crippen molar-refractivity contribution in [2.24, 2.45) is 5.92 Å². The average Bonchev–Trinajstić information content (AvgIpc) is 2.91. The van der Waals surface area contributed by atoms with E-state index >= 15 is 0 Å². The van der Waals surface area contributed by atoms with Gasteiger partial charge in [0.2, 0.25) is 5.91 Å². The van der Waals surface area contributed by atoms with Gasteiger partial charge >= 0.3 is 0 Å². The number of carbonyl (C=O) groups excluding carboxylic acids is 1. The molecule has 27 heavy (non-hydrogen) atoms. The molecule has 1 aliphatic heterocycles. The van der Waals surface area contributed by atoms with E-state index in [-0.39, 0.29) is 24.1 Å². The molecule has 0 atom stereocenters. The van der Waals surface area contributed by atoms with Gasteiger partial charge in [0.25, 0.3) is 0 Å². The molecule has 0 bridgehead atoms. The van der Waals surface area contributed by atoms with Crippen molar-refractivity contribution in [2.75, 3.05) is 26.7 Å². The molecule has 0 radical (unpaired) electrons. The number of piperidine rings is 1. The zero-order valence-corrected chi connectivity index (χ0v) is 17.0. The summed E-state index contributed by atoms with van der Waals surface area (Å²) < 4.78 is 14.9. The molecule has 3 rings (SSSR count). The van der Waals surface area contributed by atoms with Crippen LogP contribution in [0.3, 0.4) is 0 Å². The van der Waals surface area contributed by atoms with Crippen LogP contribution in [-0.4, -0.2) is 47.3 Å². The summed E-state index contributed by atoms with van der Waals surface area (Å²) in [4.78, 5) is 14.7. The molecule has 1 N–H and O–H groups in total. The van der Waals surface area contributed by atoms with Gasteiger partial charge in [0.05, 0.1) is 17.8 Å². The highest BCUT2D eigenvalue weighted by atomic mass is 35.5. The molecule has 1 amide bonds. The summed E-state index contributed by atoms with van der Waals surface area (Å²) in [6, 6.07) is 6.25. The van der Waals surface area contributed by atoms with Gasteiger partial charge in [-0.25, -0.2) is 9.07 Å². The number of aryl methyl sites for hydroxylation is 1. The van der Waals surface area contributed by atoms with Gasteiger partial charge in [0.1, 0.15) is 5.82 Å². The molecule has 7 heteroatoms. The van der Waals surface area contributed by atoms with Crippen molar-refractivity contribution < 1.29 is 9.18 Å². The van der Waals surface area contributed by atoms with E-state index < -0.39 is 0 Å². The third-order valence-corrected chi connectivity index (χ3v) is 5.30. The Labute approximate surface area is 166 Å². The molecule has 1 saturated heterocycles. The second-order valence-electron chi connectivity index (χ2n) is 7.10. The number of rotatable bonds is 5. The highest BCUT2D eigenvalue weighted by Crippen LogP contribution is 2.21. The quantitative estimate of drug-likeness (QED) is 0.847. The van der Waals surface area contributed by atoms with Crippen molar-refractivity contribution >= 4 is 18.3 Å². The van der Waals surface area contributed by atoms with E-state index in [1.165, 1.54) is 12.1 Å². The number of hydrogen-bond donors (Lipinski definition) is 1. The zero-order chi connectivity index (χ0) is 18.7. The maximum atomic E-state index is 13.2. The molecular formula is C20H28ClFN4O. The molecule has 1 aliphatic rings. The van der Waals surface area contributed by atoms with Crippen molar-refractivity contribution in [1.29, 1.82) is 0 Å². The minimum absolute atomic E-state index is 0. The van der Waals surface area contributed by atoms with E-state index in [0.29, 0.717) is 12.3 Å². The number of benzene rings is 1. The highest BCUT2D eigenvalue weighted by Gasteiger charge is 2.24. The first kappa shape index (κ1) is 21.4. The summed E-state index contributed by atoms with van der Waals surface area (Å²) in [7, 11) is 1.97. The minimum atomic E-state index is -0.271. The van der Waals surface area contributed by atoms with Crippen LogP contribution in [0.25, 0.3) is 5.69 Å². The van der Waals surface area contributed by atoms with Crippen molar-refractivity contribution in [3.63, 3.8) is 0 Å². The van der Waals surface area contributed by atoms with E-state index in [1.54, 1.807) is 16.8 Å². The van der Waals surface area contributed by atoms with Gasteiger partial charge < -0.3 is 10.2 Å². The first-order chi connectivity index (χ1) is 12.5. The number of nitrogens with one attached hydrogen (secondary N) is 1. The Hall–Kier alpha value is -1.92. The van der Waals surface area contributed by atoms with Gasteiger partial charge in [-0.1, -0.05) is 0 Å². The van der Waals surface area contributed by atoms with Crippen LogP contribution in [0.5, 0.6) is 0 Å². The Bertz CT molecular complexity index is 767. The highest BCUT2D eigenvalue weighted by molar-refractivity contribution is 5.85. The predicted molar refractivity (Wildman–Crippen MR) is 107 cm³/mol. The van der Waals surface area contributed by atoms with Crippen molar-refractivity contribution in [2.45, 2.75) is 33.1 Å². The number of amides is 1. The lowest BCUT2D eigenvalue weighted by Crippen LogP contribution is -2.41. The SMILES string of the molecule is CNCC1CCN(C(=O)Cc2c(C)nn(-c3ccc(F)cc3)c2C)CC1.Cl. The standard InChI is InChI=1S/C20H27FN4O.ClH/c1-14-19(12-20(26)24-10-8-16(9-11-24)13-22-3)15(2)25(23-14)18-6-4-17(21)5-7-18;/h4-7,16,22H,8-13H2,1-3H3;1H. The fraction of sp³-hybridized carbons (Fsp3) is 0.500. The summed E-state index contributed by atoms with van der Waals surface area (Å²) in [6.45, 7) is 6.56. The van der Waals surface area contributed by atoms with Crippen LogP contribution in [-0.2, 0) is 11.2 Å². The number of carbonyl (C=O) groups is 1. The van der Waals surface area contributed by atoms with Crippen LogP contribution in [0.2, 0.25) is 0 Å². The lowest BCUT2D eigenvalue weighted by molar-refractivity contribution is -0.131. The Morgan fingerprint density at radius 2 is 1.85 bits per heavy atom. The number of aromatic nitrogens is 2. The van der Waals surface area contributed by atoms with Gasteiger partial charge in [0.15, 0.2) is 0 Å². The normalized spacial score (nSPS) is 14.9. The van der Waals surface area contributed by atoms with Crippen LogP contribution in [0.15, 0.2) is 24.3 Å². The first-order valence-corrected chi connectivity index (χ1v) is 9.23. The molecule has 148 valence electrons. The maximum Gasteiger partial charge on any atom is 0.227 e. The first-order valence-electron chi connectivity index (χ1n) is 9.23. The molecule has 0 spiro atoms. The Morgan fingerprint density at radius 1 is 1.22 bits per heavy atom. The van der Waals surface area contributed by atoms with E-state index in [4.69, 9.17) is 0 Å². The topological polar surface area (TPSA) is 50.2 Å². The summed E-state index contributed by atoms with van der Waals surface area (Å²) >= 11 is 0. The smallest absolute Gasteiger partial charge is 0.227 e. The van der Waals surface area contributed by atoms with Crippen LogP contribution in [0, 0.1) is 25.6 Å². The third-order valence-electron chi connectivity index (χ3n) is 5.30. The third kappa shape index (κ3) is 4.87. The number of halogens is 2. The molecular weight excluding hydrogens is 367 g/mol. The molecule has 1 aromatic carbocycles. The van der Waals surface area contributed by atoms with E-state index in [9.17, 15) is 9.18 Å². The zero-order valence-electron chi connectivity index (χ0n) is 16.2. The van der Waals surface area contributed by atoms with Gasteiger partial charge in [-0.2, -0.15) is 5.10 Å². The average molecular weight is 395 g/mol. The molecule has 2 heterocycles. The van der Waals surface area contributed by atoms with Gasteiger partial charge in [-0.15, -0.1) is 12.4 Å². The van der Waals surface area contributed by atoms with E-state index in [0.717, 1.165) is 55.1 Å². The van der Waals surface area contributed by atoms with Crippen molar-refractivity contribution in [3.05, 3.63) is 47.0 Å². The summed E-state index contributed by atoms with van der Waals surface area (Å²) in [5.74, 6) is 0.555. The lowest BCUT2D eigenvalue weighted by atomic mass is 9.96. The van der Waals surface area contributed by atoms with Gasteiger partial charge in [0, 0.05) is 24.3 Å². The Balaban J connectivity index is 0.00000261. The van der Waals surface area contributed by atoms with Gasteiger partial charge in [-0.05, 0) is 70.5 Å². The number of likely N-dealkylation sites (tertiary alicyclic amines) is 1. The lowest BCUT2D eigenvalue weighted by Gasteiger charge is -2.32. The second-order valence-corrected chi connectivity index (χ2v) is 7.10. The minimum Gasteiger partial charge on any atom is -0.342 e. The molecule has 0 unspecified atom stereocenters. The molecule has 1 aromatic heterocycles. The number of hydrogen-bond acceptors (Lipinski definition) is 3. The second kappa shape index (κ2) is 9.33. The Morgan fingerprint density at radius 3 is 2.44 bits per heavy atom. The molecule has 5 nitrogen and oxygen atoms in total.